The highest BCUT2D eigenvalue weighted by atomic mass is 16.5. The molecular weight excluding hydrogens is 310 g/mol. The molecule has 4 nitrogen and oxygen atoms in total. The summed E-state index contributed by atoms with van der Waals surface area (Å²) in [5.74, 6) is 1.41. The predicted octanol–water partition coefficient (Wildman–Crippen LogP) is 4.72. The molecule has 2 N–H and O–H groups in total. The zero-order valence-corrected chi connectivity index (χ0v) is 15.1. The van der Waals surface area contributed by atoms with E-state index in [0.717, 1.165) is 29.3 Å². The normalized spacial score (nSPS) is 21.2. The van der Waals surface area contributed by atoms with E-state index < -0.39 is 0 Å². The molecule has 1 atom stereocenters. The lowest BCUT2D eigenvalue weighted by atomic mass is 9.84. The number of allylic oxidation sites excluding steroid dienone is 1. The molecule has 0 radical (unpaired) electrons. The number of nitrogens with one attached hydrogen (secondary N) is 2. The number of ether oxygens (including phenoxy) is 1. The molecule has 25 heavy (non-hydrogen) atoms. The van der Waals surface area contributed by atoms with E-state index in [0.29, 0.717) is 5.92 Å². The van der Waals surface area contributed by atoms with E-state index in [9.17, 15) is 0 Å². The Hall–Kier alpha value is -2.49. The highest BCUT2D eigenvalue weighted by Crippen LogP contribution is 2.38. The van der Waals surface area contributed by atoms with Crippen LogP contribution < -0.4 is 0 Å². The van der Waals surface area contributed by atoms with Gasteiger partial charge < -0.3 is 14.7 Å². The molecule has 4 heteroatoms. The van der Waals surface area contributed by atoms with E-state index in [4.69, 9.17) is 9.73 Å². The summed E-state index contributed by atoms with van der Waals surface area (Å²) < 4.78 is 5.58. The van der Waals surface area contributed by atoms with Crippen LogP contribution in [0.25, 0.3) is 6.08 Å². The van der Waals surface area contributed by atoms with E-state index in [1.54, 1.807) is 7.11 Å². The molecule has 1 aliphatic carbocycles. The van der Waals surface area contributed by atoms with Crippen molar-refractivity contribution < 1.29 is 4.74 Å². The number of aromatic amines is 2. The lowest BCUT2D eigenvalue weighted by Crippen LogP contribution is -2.06. The number of H-pyrrole nitrogens is 2. The summed E-state index contributed by atoms with van der Waals surface area (Å²) >= 11 is 0. The molecule has 1 unspecified atom stereocenters. The number of aliphatic imine (C=N–C) groups is 1. The lowest BCUT2D eigenvalue weighted by Gasteiger charge is -2.20. The number of nitrogens with zero attached hydrogens (tertiary/aromatic N) is 1. The Kier molecular flexibility index (Phi) is 4.12. The Morgan fingerprint density at radius 2 is 2.28 bits per heavy atom. The van der Waals surface area contributed by atoms with Gasteiger partial charge in [0.1, 0.15) is 11.5 Å². The summed E-state index contributed by atoms with van der Waals surface area (Å²) in [5, 5.41) is 0. The number of methoxy groups -OCH3 is 1. The Labute approximate surface area is 148 Å². The van der Waals surface area contributed by atoms with E-state index in [2.05, 4.69) is 29.9 Å². The van der Waals surface area contributed by atoms with Crippen molar-refractivity contribution in [3.63, 3.8) is 0 Å². The molecule has 130 valence electrons. The molecule has 2 aliphatic rings. The van der Waals surface area contributed by atoms with Gasteiger partial charge in [0.05, 0.1) is 18.5 Å². The zero-order valence-electron chi connectivity index (χ0n) is 15.1. The largest absolute Gasteiger partial charge is 0.494 e. The molecule has 0 spiro atoms. The average Bonchev–Trinajstić information content (AvgIpc) is 3.33. The van der Waals surface area contributed by atoms with Crippen molar-refractivity contribution in [2.24, 2.45) is 4.99 Å². The number of rotatable bonds is 4. The molecule has 4 rings (SSSR count). The fourth-order valence-corrected chi connectivity index (χ4v) is 4.07. The van der Waals surface area contributed by atoms with Crippen LogP contribution in [-0.2, 0) is 17.6 Å². The predicted molar refractivity (Wildman–Crippen MR) is 102 cm³/mol. The summed E-state index contributed by atoms with van der Waals surface area (Å²) in [6.45, 7) is 4.56. The highest BCUT2D eigenvalue weighted by Gasteiger charge is 2.25. The molecule has 3 heterocycles. The van der Waals surface area contributed by atoms with Gasteiger partial charge in [-0.15, -0.1) is 0 Å². The van der Waals surface area contributed by atoms with Gasteiger partial charge in [-0.2, -0.15) is 0 Å². The van der Waals surface area contributed by atoms with Gasteiger partial charge in [0.15, 0.2) is 0 Å². The summed E-state index contributed by atoms with van der Waals surface area (Å²) in [5.41, 5.74) is 8.40. The van der Waals surface area contributed by atoms with Crippen molar-refractivity contribution in [2.45, 2.75) is 45.4 Å². The minimum Gasteiger partial charge on any atom is -0.494 e. The van der Waals surface area contributed by atoms with E-state index in [-0.39, 0.29) is 0 Å². The van der Waals surface area contributed by atoms with Crippen LogP contribution >= 0.6 is 0 Å². The maximum atomic E-state index is 5.58. The van der Waals surface area contributed by atoms with Crippen LogP contribution in [0.2, 0.25) is 0 Å². The molecule has 0 bridgehead atoms. The summed E-state index contributed by atoms with van der Waals surface area (Å²) in [7, 11) is 1.71. The van der Waals surface area contributed by atoms with Crippen LogP contribution in [0.1, 0.15) is 60.8 Å². The quantitative estimate of drug-likeness (QED) is 0.834. The van der Waals surface area contributed by atoms with Gasteiger partial charge in [-0.3, -0.25) is 0 Å². The van der Waals surface area contributed by atoms with Gasteiger partial charge in [0.2, 0.25) is 0 Å². The van der Waals surface area contributed by atoms with Gasteiger partial charge in [-0.25, -0.2) is 4.99 Å². The monoisotopic (exact) mass is 335 g/mol. The van der Waals surface area contributed by atoms with Crippen molar-refractivity contribution in [2.75, 3.05) is 7.11 Å². The first-order valence-electron chi connectivity index (χ1n) is 9.15. The molecule has 0 amide bonds. The molecular formula is C21H25N3O. The number of hydrogen-bond donors (Lipinski definition) is 2. The summed E-state index contributed by atoms with van der Waals surface area (Å²) in [6, 6.07) is 4.01. The Morgan fingerprint density at radius 1 is 1.40 bits per heavy atom. The fraction of sp³-hybridized carbons (Fsp3) is 0.381. The number of hydrogen-bond acceptors (Lipinski definition) is 2. The van der Waals surface area contributed by atoms with Crippen LogP contribution in [0.15, 0.2) is 40.9 Å². The first kappa shape index (κ1) is 16.0. The minimum atomic E-state index is 0.593. The van der Waals surface area contributed by atoms with Crippen LogP contribution in [0, 0.1) is 0 Å². The van der Waals surface area contributed by atoms with Crippen molar-refractivity contribution in [3.8, 4) is 0 Å². The number of aryl methyl sites for hydroxylation is 1. The molecule has 2 aromatic heterocycles. The standard InChI is InChI=1S/C21H25N3O/c1-4-15-14-8-5-7-13(2)21(14)19(23-15)11-18-20(25-3)12-17(24-18)16-9-6-10-22-16/h6,9-13,22-23H,4-5,7-8H2,1-3H3/b18-11+. The summed E-state index contributed by atoms with van der Waals surface area (Å²) in [6.07, 6.45) is 10.8. The Bertz CT molecular complexity index is 865. The second-order valence-electron chi connectivity index (χ2n) is 6.88. The fourth-order valence-electron chi connectivity index (χ4n) is 4.07. The highest BCUT2D eigenvalue weighted by molar-refractivity contribution is 6.11. The maximum absolute atomic E-state index is 5.58. The van der Waals surface area contributed by atoms with E-state index in [1.165, 1.54) is 41.8 Å². The molecule has 1 aliphatic heterocycles. The Morgan fingerprint density at radius 3 is 3.00 bits per heavy atom. The summed E-state index contributed by atoms with van der Waals surface area (Å²) in [4.78, 5) is 11.7. The van der Waals surface area contributed by atoms with Gasteiger partial charge in [-0.1, -0.05) is 13.8 Å². The van der Waals surface area contributed by atoms with Gasteiger partial charge in [0.25, 0.3) is 0 Å². The average molecular weight is 335 g/mol. The van der Waals surface area contributed by atoms with Gasteiger partial charge in [0, 0.05) is 23.7 Å². The van der Waals surface area contributed by atoms with Crippen LogP contribution in [0.3, 0.4) is 0 Å². The SMILES string of the molecule is CCc1[nH]c(/C=C2/N=C(c3ccc[nH]3)C=C2OC)c2c1CCCC2C. The number of aromatic nitrogens is 2. The van der Waals surface area contributed by atoms with Crippen molar-refractivity contribution in [1.82, 2.24) is 9.97 Å². The molecule has 0 saturated carbocycles. The van der Waals surface area contributed by atoms with Gasteiger partial charge >= 0.3 is 0 Å². The van der Waals surface area contributed by atoms with Crippen LogP contribution in [0.4, 0.5) is 0 Å². The zero-order chi connectivity index (χ0) is 17.4. The maximum Gasteiger partial charge on any atom is 0.146 e. The Balaban J connectivity index is 1.78. The second-order valence-corrected chi connectivity index (χ2v) is 6.88. The molecule has 0 saturated heterocycles. The first-order valence-corrected chi connectivity index (χ1v) is 9.15. The van der Waals surface area contributed by atoms with E-state index in [1.807, 2.05) is 24.4 Å². The van der Waals surface area contributed by atoms with Gasteiger partial charge in [-0.05, 0) is 60.9 Å². The van der Waals surface area contributed by atoms with Crippen LogP contribution in [0.5, 0.6) is 0 Å². The topological polar surface area (TPSA) is 53.2 Å². The third-order valence-electron chi connectivity index (χ3n) is 5.31. The minimum absolute atomic E-state index is 0.593. The first-order chi connectivity index (χ1) is 12.2. The van der Waals surface area contributed by atoms with Crippen LogP contribution in [-0.4, -0.2) is 22.8 Å². The second kappa shape index (κ2) is 6.43. The third-order valence-corrected chi connectivity index (χ3v) is 5.31. The van der Waals surface area contributed by atoms with Crippen molar-refractivity contribution in [1.29, 1.82) is 0 Å². The van der Waals surface area contributed by atoms with E-state index >= 15 is 0 Å². The number of fused-ring (bicyclic) bond motifs is 1. The third kappa shape index (κ3) is 2.76. The van der Waals surface area contributed by atoms with Crippen molar-refractivity contribution in [3.05, 3.63) is 64.1 Å². The smallest absolute Gasteiger partial charge is 0.146 e. The lowest BCUT2D eigenvalue weighted by molar-refractivity contribution is 0.303. The molecule has 0 fully saturated rings. The molecule has 2 aromatic rings. The van der Waals surface area contributed by atoms with Crippen molar-refractivity contribution >= 4 is 11.8 Å². The molecule has 0 aromatic carbocycles.